The van der Waals surface area contributed by atoms with Gasteiger partial charge in [-0.05, 0) is 31.0 Å². The topological polar surface area (TPSA) is 83.8 Å². The lowest BCUT2D eigenvalue weighted by atomic mass is 9.97. The second-order valence-corrected chi connectivity index (χ2v) is 10.8. The van der Waals surface area contributed by atoms with Crippen LogP contribution in [0.25, 0.3) is 10.9 Å². The number of carbonyl (C=O) groups is 1. The van der Waals surface area contributed by atoms with Crippen LogP contribution in [0.5, 0.6) is 0 Å². The van der Waals surface area contributed by atoms with Gasteiger partial charge in [0.15, 0.2) is 21.9 Å². The van der Waals surface area contributed by atoms with Crippen molar-refractivity contribution in [1.29, 1.82) is 0 Å². The van der Waals surface area contributed by atoms with E-state index in [2.05, 4.69) is 10.3 Å². The SMILES string of the molecule is CC(=O)C1=C(C(F)(F)F)NC(N2CCn3c(cc4ccc(S(C)(=O)=O)cc43)[C@H]2C(C)C)N=C1. The molecule has 0 amide bonds. The quantitative estimate of drug-likeness (QED) is 0.722. The number of nitrogens with zero attached hydrogens (tertiary/aromatic N) is 3. The molecule has 2 aliphatic rings. The average Bonchev–Trinajstić information content (AvgIpc) is 3.08. The second-order valence-electron chi connectivity index (χ2n) is 8.78. The smallest absolute Gasteiger partial charge is 0.347 e. The summed E-state index contributed by atoms with van der Waals surface area (Å²) in [5, 5.41) is 3.31. The van der Waals surface area contributed by atoms with Gasteiger partial charge in [0, 0.05) is 42.2 Å². The molecule has 0 spiro atoms. The Hall–Kier alpha value is -2.66. The van der Waals surface area contributed by atoms with Gasteiger partial charge in [-0.25, -0.2) is 8.42 Å². The molecule has 1 N–H and O–H groups in total. The first-order chi connectivity index (χ1) is 15.3. The fourth-order valence-corrected chi connectivity index (χ4v) is 5.27. The van der Waals surface area contributed by atoms with E-state index in [4.69, 9.17) is 0 Å². The monoisotopic (exact) mass is 482 g/mol. The zero-order valence-corrected chi connectivity index (χ0v) is 19.5. The highest BCUT2D eigenvalue weighted by Gasteiger charge is 2.43. The summed E-state index contributed by atoms with van der Waals surface area (Å²) in [5.41, 5.74) is 0.0811. The summed E-state index contributed by atoms with van der Waals surface area (Å²) in [6.45, 7) is 5.87. The Labute approximate surface area is 189 Å². The standard InChI is InChI=1S/C22H25F3N4O3S/c1-12(2)19-18-9-14-5-6-15(33(4,31)32)10-17(14)28(18)7-8-29(19)21-26-11-16(13(3)30)20(27-21)22(23,24)25/h5-6,9-12,19,21,27H,7-8H2,1-4H3/t19-,21?/m1/s1. The van der Waals surface area contributed by atoms with Gasteiger partial charge in [0.2, 0.25) is 0 Å². The third-order valence-corrected chi connectivity index (χ3v) is 7.18. The summed E-state index contributed by atoms with van der Waals surface area (Å²) in [7, 11) is -3.38. The van der Waals surface area contributed by atoms with E-state index >= 15 is 0 Å². The fraction of sp³-hybridized carbons (Fsp3) is 0.455. The number of halogens is 3. The molecule has 0 aliphatic carbocycles. The number of carbonyl (C=O) groups excluding carboxylic acids is 1. The molecule has 2 aliphatic heterocycles. The van der Waals surface area contributed by atoms with Gasteiger partial charge >= 0.3 is 6.18 Å². The number of rotatable bonds is 4. The van der Waals surface area contributed by atoms with Crippen molar-refractivity contribution in [2.45, 2.75) is 50.7 Å². The third kappa shape index (κ3) is 4.19. The lowest BCUT2D eigenvalue weighted by Gasteiger charge is -2.43. The minimum atomic E-state index is -4.72. The number of alkyl halides is 3. The van der Waals surface area contributed by atoms with Crippen molar-refractivity contribution in [2.75, 3.05) is 12.8 Å². The van der Waals surface area contributed by atoms with Crippen LogP contribution in [-0.2, 0) is 21.2 Å². The van der Waals surface area contributed by atoms with Crippen molar-refractivity contribution < 1.29 is 26.4 Å². The maximum Gasteiger partial charge on any atom is 0.431 e. The number of hydrogen-bond acceptors (Lipinski definition) is 6. The van der Waals surface area contributed by atoms with Crippen LogP contribution in [0.1, 0.15) is 32.5 Å². The lowest BCUT2D eigenvalue weighted by molar-refractivity contribution is -0.116. The van der Waals surface area contributed by atoms with Gasteiger partial charge in [-0.15, -0.1) is 0 Å². The second kappa shape index (κ2) is 7.98. The van der Waals surface area contributed by atoms with Gasteiger partial charge in [0.1, 0.15) is 5.70 Å². The van der Waals surface area contributed by atoms with Gasteiger partial charge < -0.3 is 9.88 Å². The Bertz CT molecular complexity index is 1290. The number of nitrogens with one attached hydrogen (secondary N) is 1. The van der Waals surface area contributed by atoms with Crippen LogP contribution < -0.4 is 5.32 Å². The fourth-order valence-electron chi connectivity index (χ4n) is 4.63. The first-order valence-corrected chi connectivity index (χ1v) is 12.4. The molecule has 0 radical (unpaired) electrons. The van der Waals surface area contributed by atoms with E-state index in [0.717, 1.165) is 36.0 Å². The first kappa shape index (κ1) is 23.5. The molecule has 1 unspecified atom stereocenters. The molecule has 7 nitrogen and oxygen atoms in total. The highest BCUT2D eigenvalue weighted by molar-refractivity contribution is 7.90. The van der Waals surface area contributed by atoms with E-state index in [1.807, 2.05) is 29.4 Å². The number of fused-ring (bicyclic) bond motifs is 3. The van der Waals surface area contributed by atoms with Gasteiger partial charge in [-0.3, -0.25) is 14.7 Å². The van der Waals surface area contributed by atoms with Crippen LogP contribution in [0.15, 0.2) is 45.4 Å². The molecule has 2 aromatic rings. The zero-order valence-electron chi connectivity index (χ0n) is 18.6. The Kier molecular flexibility index (Phi) is 5.68. The Morgan fingerprint density at radius 2 is 1.91 bits per heavy atom. The van der Waals surface area contributed by atoms with E-state index in [9.17, 15) is 26.4 Å². The van der Waals surface area contributed by atoms with Crippen molar-refractivity contribution in [3.8, 4) is 0 Å². The van der Waals surface area contributed by atoms with Gasteiger partial charge in [0.25, 0.3) is 0 Å². The number of Topliss-reactive ketones (excluding diaryl/α,β-unsaturated/α-hetero) is 1. The van der Waals surface area contributed by atoms with Crippen LogP contribution in [0.3, 0.4) is 0 Å². The van der Waals surface area contributed by atoms with E-state index in [0.29, 0.717) is 13.1 Å². The summed E-state index contributed by atoms with van der Waals surface area (Å²) in [5.74, 6) is -0.690. The maximum atomic E-state index is 13.7. The highest BCUT2D eigenvalue weighted by Crippen LogP contribution is 2.39. The molecular formula is C22H25F3N4O3S. The van der Waals surface area contributed by atoms with Gasteiger partial charge in [0.05, 0.1) is 16.5 Å². The molecule has 0 bridgehead atoms. The molecule has 0 saturated carbocycles. The van der Waals surface area contributed by atoms with Crippen molar-refractivity contribution in [2.24, 2.45) is 10.9 Å². The minimum absolute atomic E-state index is 0.0206. The molecule has 1 aromatic heterocycles. The molecule has 1 aromatic carbocycles. The van der Waals surface area contributed by atoms with Crippen LogP contribution in [0, 0.1) is 5.92 Å². The third-order valence-electron chi connectivity index (χ3n) is 6.07. The maximum absolute atomic E-state index is 13.7. The molecule has 0 fully saturated rings. The molecule has 33 heavy (non-hydrogen) atoms. The molecule has 0 saturated heterocycles. The van der Waals surface area contributed by atoms with E-state index in [-0.39, 0.29) is 16.9 Å². The van der Waals surface area contributed by atoms with Gasteiger partial charge in [-0.2, -0.15) is 13.2 Å². The molecule has 178 valence electrons. The van der Waals surface area contributed by atoms with Crippen molar-refractivity contribution >= 4 is 32.7 Å². The molecule has 2 atom stereocenters. The van der Waals surface area contributed by atoms with Crippen LogP contribution in [0.4, 0.5) is 13.2 Å². The summed E-state index contributed by atoms with van der Waals surface area (Å²) < 4.78 is 67.0. The number of ketones is 1. The number of sulfone groups is 1. The summed E-state index contributed by atoms with van der Waals surface area (Å²) in [6, 6.07) is 6.62. The van der Waals surface area contributed by atoms with Crippen LogP contribution in [-0.4, -0.2) is 55.1 Å². The van der Waals surface area contributed by atoms with Crippen molar-refractivity contribution in [3.05, 3.63) is 41.2 Å². The summed E-state index contributed by atoms with van der Waals surface area (Å²) >= 11 is 0. The largest absolute Gasteiger partial charge is 0.431 e. The van der Waals surface area contributed by atoms with Crippen LogP contribution in [0.2, 0.25) is 0 Å². The van der Waals surface area contributed by atoms with Crippen LogP contribution >= 0.6 is 0 Å². The Morgan fingerprint density at radius 3 is 2.48 bits per heavy atom. The lowest BCUT2D eigenvalue weighted by Crippen LogP contribution is -2.54. The number of allylic oxidation sites excluding steroid dienone is 2. The number of aliphatic imine (C=N–C) groups is 1. The minimum Gasteiger partial charge on any atom is -0.347 e. The predicted molar refractivity (Wildman–Crippen MR) is 119 cm³/mol. The first-order valence-electron chi connectivity index (χ1n) is 10.5. The van der Waals surface area contributed by atoms with Crippen molar-refractivity contribution in [3.63, 3.8) is 0 Å². The highest BCUT2D eigenvalue weighted by atomic mass is 32.2. The molecule has 11 heteroatoms. The number of benzene rings is 1. The van der Waals surface area contributed by atoms with Gasteiger partial charge in [-0.1, -0.05) is 19.9 Å². The molecular weight excluding hydrogens is 457 g/mol. The summed E-state index contributed by atoms with van der Waals surface area (Å²) in [6.07, 6.45) is -3.55. The number of aromatic nitrogens is 1. The molecule has 4 rings (SSSR count). The molecule has 3 heterocycles. The predicted octanol–water partition coefficient (Wildman–Crippen LogP) is 3.42. The van der Waals surface area contributed by atoms with E-state index in [1.165, 1.54) is 0 Å². The zero-order chi connectivity index (χ0) is 24.3. The van der Waals surface area contributed by atoms with E-state index < -0.39 is 39.4 Å². The Balaban J connectivity index is 1.76. The number of hydrogen-bond donors (Lipinski definition) is 1. The van der Waals surface area contributed by atoms with E-state index in [1.54, 1.807) is 18.2 Å². The van der Waals surface area contributed by atoms with Crippen molar-refractivity contribution in [1.82, 2.24) is 14.8 Å². The normalized spacial score (nSPS) is 22.1. The summed E-state index contributed by atoms with van der Waals surface area (Å²) in [4.78, 5) is 18.0. The average molecular weight is 483 g/mol. The Morgan fingerprint density at radius 1 is 1.21 bits per heavy atom.